The van der Waals surface area contributed by atoms with E-state index in [9.17, 15) is 0 Å². The van der Waals surface area contributed by atoms with E-state index in [-0.39, 0.29) is 0 Å². The van der Waals surface area contributed by atoms with Crippen LogP contribution in [0.5, 0.6) is 0 Å². The summed E-state index contributed by atoms with van der Waals surface area (Å²) in [5, 5.41) is 2.54. The fourth-order valence-electron chi connectivity index (χ4n) is 1.19. The first-order valence-electron chi connectivity index (χ1n) is 3.52. The highest BCUT2D eigenvalue weighted by Crippen LogP contribution is 2.33. The second-order valence-electron chi connectivity index (χ2n) is 2.66. The van der Waals surface area contributed by atoms with Crippen molar-refractivity contribution >= 4 is 44.6 Å². The number of benzene rings is 1. The molecule has 0 spiro atoms. The van der Waals surface area contributed by atoms with Gasteiger partial charge >= 0.3 is 0 Å². The molecule has 0 unspecified atom stereocenters. The van der Waals surface area contributed by atoms with Crippen molar-refractivity contribution in [1.29, 1.82) is 0 Å². The first-order chi connectivity index (χ1) is 5.66. The van der Waals surface area contributed by atoms with Crippen LogP contribution in [0, 0.1) is 6.92 Å². The molecule has 0 fully saturated rings. The van der Waals surface area contributed by atoms with Crippen LogP contribution in [0.1, 0.15) is 4.88 Å². The molecule has 0 bridgehead atoms. The van der Waals surface area contributed by atoms with E-state index in [1.807, 2.05) is 6.07 Å². The quantitative estimate of drug-likeness (QED) is 0.608. The van der Waals surface area contributed by atoms with Gasteiger partial charge in [-0.3, -0.25) is 0 Å². The third-order valence-corrected chi connectivity index (χ3v) is 3.20. The van der Waals surface area contributed by atoms with Gasteiger partial charge in [0, 0.05) is 20.0 Å². The summed E-state index contributed by atoms with van der Waals surface area (Å²) >= 11 is 13.6. The maximum atomic E-state index is 6.00. The molecule has 1 aromatic carbocycles. The summed E-state index contributed by atoms with van der Waals surface area (Å²) in [5.74, 6) is 0. The van der Waals surface area contributed by atoms with Gasteiger partial charge < -0.3 is 0 Å². The Hall–Kier alpha value is -0.240. The maximum absolute atomic E-state index is 6.00. The fourth-order valence-corrected chi connectivity index (χ4v) is 2.85. The highest BCUT2D eigenvalue weighted by molar-refractivity contribution is 7.19. The molecule has 0 aliphatic rings. The third-order valence-electron chi connectivity index (χ3n) is 1.67. The standard InChI is InChI=1S/C9H6Cl2S/c1-5-2-7-8(11)3-6(10)4-9(7)12-5/h2-4H,1H3. The van der Waals surface area contributed by atoms with Crippen molar-refractivity contribution in [3.05, 3.63) is 33.1 Å². The summed E-state index contributed by atoms with van der Waals surface area (Å²) in [6.07, 6.45) is 0. The molecule has 0 atom stereocenters. The van der Waals surface area contributed by atoms with Gasteiger partial charge in [0.25, 0.3) is 0 Å². The largest absolute Gasteiger partial charge is 0.140 e. The lowest BCUT2D eigenvalue weighted by atomic mass is 10.2. The number of halogens is 2. The monoisotopic (exact) mass is 216 g/mol. The highest BCUT2D eigenvalue weighted by Gasteiger charge is 2.03. The number of fused-ring (bicyclic) bond motifs is 1. The highest BCUT2D eigenvalue weighted by atomic mass is 35.5. The molecule has 0 saturated heterocycles. The second-order valence-corrected chi connectivity index (χ2v) is 4.79. The lowest BCUT2D eigenvalue weighted by Gasteiger charge is -1.93. The van der Waals surface area contributed by atoms with Gasteiger partial charge in [-0.25, -0.2) is 0 Å². The predicted molar refractivity (Wildman–Crippen MR) is 56.6 cm³/mol. The lowest BCUT2D eigenvalue weighted by Crippen LogP contribution is -1.66. The second kappa shape index (κ2) is 2.91. The molecule has 2 aromatic rings. The summed E-state index contributed by atoms with van der Waals surface area (Å²) in [5.41, 5.74) is 0. The zero-order valence-electron chi connectivity index (χ0n) is 6.40. The van der Waals surface area contributed by atoms with Crippen molar-refractivity contribution < 1.29 is 0 Å². The van der Waals surface area contributed by atoms with Gasteiger partial charge in [0.1, 0.15) is 0 Å². The lowest BCUT2D eigenvalue weighted by molar-refractivity contribution is 1.65. The van der Waals surface area contributed by atoms with Crippen LogP contribution in [0.2, 0.25) is 10.0 Å². The molecule has 0 saturated carbocycles. The van der Waals surface area contributed by atoms with E-state index < -0.39 is 0 Å². The Balaban J connectivity index is 2.88. The Morgan fingerprint density at radius 3 is 2.67 bits per heavy atom. The third kappa shape index (κ3) is 1.33. The summed E-state index contributed by atoms with van der Waals surface area (Å²) in [7, 11) is 0. The van der Waals surface area contributed by atoms with Crippen molar-refractivity contribution in [2.45, 2.75) is 6.92 Å². The zero-order valence-corrected chi connectivity index (χ0v) is 8.72. The van der Waals surface area contributed by atoms with Gasteiger partial charge in [-0.2, -0.15) is 0 Å². The molecule has 1 aromatic heterocycles. The molecule has 3 heteroatoms. The van der Waals surface area contributed by atoms with Crippen LogP contribution >= 0.6 is 34.5 Å². The van der Waals surface area contributed by atoms with Crippen LogP contribution in [-0.2, 0) is 0 Å². The molecule has 0 aliphatic heterocycles. The minimum absolute atomic E-state index is 0.703. The van der Waals surface area contributed by atoms with Crippen LogP contribution in [-0.4, -0.2) is 0 Å². The Morgan fingerprint density at radius 1 is 1.17 bits per heavy atom. The van der Waals surface area contributed by atoms with Crippen molar-refractivity contribution in [2.24, 2.45) is 0 Å². The molecule has 0 nitrogen and oxygen atoms in total. The first kappa shape index (κ1) is 8.36. The van der Waals surface area contributed by atoms with Gasteiger partial charge in [0.2, 0.25) is 0 Å². The van der Waals surface area contributed by atoms with Crippen LogP contribution in [0.15, 0.2) is 18.2 Å². The van der Waals surface area contributed by atoms with Crippen molar-refractivity contribution in [1.82, 2.24) is 0 Å². The average molecular weight is 217 g/mol. The maximum Gasteiger partial charge on any atom is 0.0507 e. The number of thiophene rings is 1. The first-order valence-corrected chi connectivity index (χ1v) is 5.09. The van der Waals surface area contributed by atoms with Crippen LogP contribution < -0.4 is 0 Å². The minimum Gasteiger partial charge on any atom is -0.140 e. The Morgan fingerprint density at radius 2 is 1.92 bits per heavy atom. The average Bonchev–Trinajstić information content (AvgIpc) is 2.29. The SMILES string of the molecule is Cc1cc2c(Cl)cc(Cl)cc2s1. The molecular weight excluding hydrogens is 211 g/mol. The van der Waals surface area contributed by atoms with Crippen LogP contribution in [0.25, 0.3) is 10.1 Å². The number of hydrogen-bond acceptors (Lipinski definition) is 1. The Labute approximate surface area is 84.7 Å². The van der Waals surface area contributed by atoms with Gasteiger partial charge in [0.15, 0.2) is 0 Å². The van der Waals surface area contributed by atoms with E-state index in [4.69, 9.17) is 23.2 Å². The van der Waals surface area contributed by atoms with Crippen molar-refractivity contribution in [2.75, 3.05) is 0 Å². The van der Waals surface area contributed by atoms with E-state index in [0.717, 1.165) is 15.1 Å². The van der Waals surface area contributed by atoms with Gasteiger partial charge in [-0.05, 0) is 25.1 Å². The molecule has 0 aliphatic carbocycles. The predicted octanol–water partition coefficient (Wildman–Crippen LogP) is 4.52. The summed E-state index contributed by atoms with van der Waals surface area (Å²) in [4.78, 5) is 1.26. The van der Waals surface area contributed by atoms with E-state index >= 15 is 0 Å². The molecule has 62 valence electrons. The van der Waals surface area contributed by atoms with E-state index in [2.05, 4.69) is 13.0 Å². The molecule has 0 radical (unpaired) electrons. The Bertz CT molecular complexity index is 431. The number of aryl methyl sites for hydroxylation is 1. The summed E-state index contributed by atoms with van der Waals surface area (Å²) < 4.78 is 1.16. The topological polar surface area (TPSA) is 0 Å². The molecule has 12 heavy (non-hydrogen) atoms. The minimum atomic E-state index is 0.703. The Kier molecular flexibility index (Phi) is 2.03. The summed E-state index contributed by atoms with van der Waals surface area (Å²) in [6.45, 7) is 2.06. The van der Waals surface area contributed by atoms with Gasteiger partial charge in [0.05, 0.1) is 5.02 Å². The van der Waals surface area contributed by atoms with E-state index in [1.54, 1.807) is 17.4 Å². The normalized spacial score (nSPS) is 10.9. The van der Waals surface area contributed by atoms with Crippen molar-refractivity contribution in [3.63, 3.8) is 0 Å². The number of hydrogen-bond donors (Lipinski definition) is 0. The van der Waals surface area contributed by atoms with E-state index in [0.29, 0.717) is 5.02 Å². The van der Waals surface area contributed by atoms with Gasteiger partial charge in [-0.15, -0.1) is 11.3 Å². The van der Waals surface area contributed by atoms with E-state index in [1.165, 1.54) is 4.88 Å². The van der Waals surface area contributed by atoms with Crippen LogP contribution in [0.4, 0.5) is 0 Å². The molecule has 2 rings (SSSR count). The summed E-state index contributed by atoms with van der Waals surface area (Å²) in [6, 6.07) is 5.80. The van der Waals surface area contributed by atoms with Crippen molar-refractivity contribution in [3.8, 4) is 0 Å². The zero-order chi connectivity index (χ0) is 8.72. The molecule has 0 N–H and O–H groups in total. The van der Waals surface area contributed by atoms with Crippen LogP contribution in [0.3, 0.4) is 0 Å². The molecular formula is C9H6Cl2S. The van der Waals surface area contributed by atoms with Gasteiger partial charge in [-0.1, -0.05) is 23.2 Å². The fraction of sp³-hybridized carbons (Fsp3) is 0.111. The number of rotatable bonds is 0. The smallest absolute Gasteiger partial charge is 0.0507 e. The molecule has 1 heterocycles. The molecule has 0 amide bonds.